The molecule has 1 aromatic heterocycles. The predicted molar refractivity (Wildman–Crippen MR) is 148 cm³/mol. The Morgan fingerprint density at radius 2 is 1.74 bits per heavy atom. The number of fused-ring (bicyclic) bond motifs is 1. The fourth-order valence-electron chi connectivity index (χ4n) is 4.25. The van der Waals surface area contributed by atoms with Crippen molar-refractivity contribution in [1.29, 1.82) is 0 Å². The Labute approximate surface area is 230 Å². The number of nitrogens with zero attached hydrogens (tertiary/aromatic N) is 2. The lowest BCUT2D eigenvalue weighted by Crippen LogP contribution is -2.44. The summed E-state index contributed by atoms with van der Waals surface area (Å²) in [6, 6.07) is 18.6. The maximum Gasteiger partial charge on any atom is 0.255 e. The Balaban J connectivity index is 1.55. The number of carbonyl (C=O) groups is 2. The molecule has 38 heavy (non-hydrogen) atoms. The second-order valence-electron chi connectivity index (χ2n) is 8.89. The lowest BCUT2D eigenvalue weighted by Gasteiger charge is -2.28. The number of rotatable bonds is 11. The van der Waals surface area contributed by atoms with Crippen LogP contribution in [-0.4, -0.2) is 59.9 Å². The molecular weight excluding hydrogens is 528 g/mol. The van der Waals surface area contributed by atoms with Gasteiger partial charge in [0, 0.05) is 48.9 Å². The molecule has 0 aliphatic carbocycles. The SMILES string of the molecule is COCCN(CC(=O)N(CCc1c[nH]c2ccccc12)Cc1ccc(F)cc1)C(=O)c1ccc(Cl)cc1Cl. The zero-order chi connectivity index (χ0) is 27.1. The molecular formula is C29H28Cl2FN3O3. The second kappa shape index (κ2) is 12.9. The number of amides is 2. The second-order valence-corrected chi connectivity index (χ2v) is 9.74. The van der Waals surface area contributed by atoms with Gasteiger partial charge < -0.3 is 19.5 Å². The minimum atomic E-state index is -0.393. The normalized spacial score (nSPS) is 11.1. The molecule has 9 heteroatoms. The first-order valence-corrected chi connectivity index (χ1v) is 12.9. The molecule has 6 nitrogen and oxygen atoms in total. The van der Waals surface area contributed by atoms with Gasteiger partial charge in [-0.3, -0.25) is 9.59 Å². The molecule has 2 amide bonds. The summed E-state index contributed by atoms with van der Waals surface area (Å²) in [4.78, 5) is 33.4. The standard InChI is InChI=1S/C29H28Cl2FN3O3/c1-38-15-14-35(29(37)25-11-8-22(30)16-26(25)31)19-28(36)34(18-20-6-9-23(32)10-7-20)13-12-21-17-33-27-5-3-2-4-24(21)27/h2-11,16-17,33H,12-15,18-19H2,1H3. The number of hydrogen-bond donors (Lipinski definition) is 1. The van der Waals surface area contributed by atoms with Crippen molar-refractivity contribution in [2.45, 2.75) is 13.0 Å². The van der Waals surface area contributed by atoms with Gasteiger partial charge in [0.25, 0.3) is 5.91 Å². The van der Waals surface area contributed by atoms with E-state index in [0.29, 0.717) is 18.0 Å². The highest BCUT2D eigenvalue weighted by molar-refractivity contribution is 6.36. The van der Waals surface area contributed by atoms with Crippen LogP contribution in [0.2, 0.25) is 10.0 Å². The van der Waals surface area contributed by atoms with Gasteiger partial charge in [0.05, 0.1) is 17.2 Å². The maximum atomic E-state index is 13.6. The first kappa shape index (κ1) is 27.6. The number of benzene rings is 3. The van der Waals surface area contributed by atoms with Crippen LogP contribution in [0.25, 0.3) is 10.9 Å². The highest BCUT2D eigenvalue weighted by Gasteiger charge is 2.24. The van der Waals surface area contributed by atoms with Gasteiger partial charge in [0.15, 0.2) is 0 Å². The lowest BCUT2D eigenvalue weighted by molar-refractivity contribution is -0.132. The Morgan fingerprint density at radius 1 is 0.974 bits per heavy atom. The number of methoxy groups -OCH3 is 1. The lowest BCUT2D eigenvalue weighted by atomic mass is 10.1. The Bertz CT molecular complexity index is 1410. The molecule has 0 saturated carbocycles. The minimum absolute atomic E-state index is 0.170. The average Bonchev–Trinajstić information content (AvgIpc) is 3.32. The van der Waals surface area contributed by atoms with Crippen LogP contribution in [0, 0.1) is 5.82 Å². The fourth-order valence-corrected chi connectivity index (χ4v) is 4.74. The van der Waals surface area contributed by atoms with E-state index in [4.69, 9.17) is 27.9 Å². The van der Waals surface area contributed by atoms with Crippen LogP contribution < -0.4 is 0 Å². The van der Waals surface area contributed by atoms with Crippen LogP contribution in [0.4, 0.5) is 4.39 Å². The molecule has 0 aliphatic heterocycles. The molecule has 198 valence electrons. The number of H-pyrrole nitrogens is 1. The third-order valence-electron chi connectivity index (χ3n) is 6.31. The topological polar surface area (TPSA) is 65.6 Å². The van der Waals surface area contributed by atoms with Crippen molar-refractivity contribution in [2.75, 3.05) is 33.4 Å². The quantitative estimate of drug-likeness (QED) is 0.248. The highest BCUT2D eigenvalue weighted by Crippen LogP contribution is 2.23. The number of aromatic nitrogens is 1. The first-order chi connectivity index (χ1) is 18.4. The van der Waals surface area contributed by atoms with Gasteiger partial charge in [-0.2, -0.15) is 0 Å². The number of ether oxygens (including phenoxy) is 1. The van der Waals surface area contributed by atoms with Crippen LogP contribution in [0.1, 0.15) is 21.5 Å². The van der Waals surface area contributed by atoms with E-state index in [0.717, 1.165) is 22.0 Å². The first-order valence-electron chi connectivity index (χ1n) is 12.2. The van der Waals surface area contributed by atoms with E-state index in [-0.39, 0.29) is 48.6 Å². The molecule has 0 radical (unpaired) electrons. The third-order valence-corrected chi connectivity index (χ3v) is 6.85. The minimum Gasteiger partial charge on any atom is -0.383 e. The molecule has 4 aromatic rings. The monoisotopic (exact) mass is 555 g/mol. The zero-order valence-corrected chi connectivity index (χ0v) is 22.4. The van der Waals surface area contributed by atoms with Gasteiger partial charge in [-0.15, -0.1) is 0 Å². The van der Waals surface area contributed by atoms with E-state index in [1.807, 2.05) is 30.5 Å². The van der Waals surface area contributed by atoms with Crippen molar-refractivity contribution in [3.8, 4) is 0 Å². The van der Waals surface area contributed by atoms with Crippen molar-refractivity contribution in [2.24, 2.45) is 0 Å². The summed E-state index contributed by atoms with van der Waals surface area (Å²) >= 11 is 12.3. The predicted octanol–water partition coefficient (Wildman–Crippen LogP) is 5.97. The van der Waals surface area contributed by atoms with E-state index in [9.17, 15) is 14.0 Å². The smallest absolute Gasteiger partial charge is 0.255 e. The molecule has 3 aromatic carbocycles. The third kappa shape index (κ3) is 6.92. The Kier molecular flexibility index (Phi) is 9.39. The van der Waals surface area contributed by atoms with Crippen LogP contribution >= 0.6 is 23.2 Å². The van der Waals surface area contributed by atoms with Gasteiger partial charge in [0.1, 0.15) is 12.4 Å². The zero-order valence-electron chi connectivity index (χ0n) is 20.9. The van der Waals surface area contributed by atoms with E-state index in [1.165, 1.54) is 30.2 Å². The molecule has 0 spiro atoms. The van der Waals surface area contributed by atoms with Crippen molar-refractivity contribution < 1.29 is 18.7 Å². The number of para-hydroxylation sites is 1. The summed E-state index contributed by atoms with van der Waals surface area (Å²) in [6.45, 7) is 0.960. The molecule has 1 N–H and O–H groups in total. The Hall–Kier alpha value is -3.39. The van der Waals surface area contributed by atoms with Gasteiger partial charge in [-0.1, -0.05) is 53.5 Å². The number of hydrogen-bond acceptors (Lipinski definition) is 3. The fraction of sp³-hybridized carbons (Fsp3) is 0.241. The van der Waals surface area contributed by atoms with Crippen molar-refractivity contribution in [3.05, 3.63) is 105 Å². The highest BCUT2D eigenvalue weighted by atomic mass is 35.5. The summed E-state index contributed by atoms with van der Waals surface area (Å²) in [5, 5.41) is 1.71. The Morgan fingerprint density at radius 3 is 2.47 bits per heavy atom. The number of carbonyl (C=O) groups excluding carboxylic acids is 2. The van der Waals surface area contributed by atoms with Crippen LogP contribution in [0.15, 0.2) is 72.9 Å². The number of halogens is 3. The van der Waals surface area contributed by atoms with Crippen molar-refractivity contribution in [3.63, 3.8) is 0 Å². The summed E-state index contributed by atoms with van der Waals surface area (Å²) in [6.07, 6.45) is 2.55. The van der Waals surface area contributed by atoms with Crippen molar-refractivity contribution in [1.82, 2.24) is 14.8 Å². The molecule has 1 heterocycles. The molecule has 0 fully saturated rings. The molecule has 0 aliphatic rings. The largest absolute Gasteiger partial charge is 0.383 e. The van der Waals surface area contributed by atoms with Gasteiger partial charge >= 0.3 is 0 Å². The summed E-state index contributed by atoms with van der Waals surface area (Å²) < 4.78 is 18.7. The molecule has 4 rings (SSSR count). The number of aromatic amines is 1. The van der Waals surface area contributed by atoms with Gasteiger partial charge in [0.2, 0.25) is 5.91 Å². The van der Waals surface area contributed by atoms with Crippen LogP contribution in [0.5, 0.6) is 0 Å². The van der Waals surface area contributed by atoms with Crippen LogP contribution in [0.3, 0.4) is 0 Å². The average molecular weight is 556 g/mol. The summed E-state index contributed by atoms with van der Waals surface area (Å²) in [5.74, 6) is -0.985. The summed E-state index contributed by atoms with van der Waals surface area (Å²) in [7, 11) is 1.53. The van der Waals surface area contributed by atoms with E-state index < -0.39 is 5.91 Å². The van der Waals surface area contributed by atoms with Gasteiger partial charge in [-0.05, 0) is 53.9 Å². The molecule has 0 unspecified atom stereocenters. The summed E-state index contributed by atoms with van der Waals surface area (Å²) in [5.41, 5.74) is 3.14. The molecule has 0 atom stereocenters. The maximum absolute atomic E-state index is 13.6. The van der Waals surface area contributed by atoms with Gasteiger partial charge in [-0.25, -0.2) is 4.39 Å². The van der Waals surface area contributed by atoms with E-state index >= 15 is 0 Å². The van der Waals surface area contributed by atoms with Crippen molar-refractivity contribution >= 4 is 45.9 Å². The van der Waals surface area contributed by atoms with E-state index in [2.05, 4.69) is 4.98 Å². The molecule has 0 bridgehead atoms. The van der Waals surface area contributed by atoms with Crippen LogP contribution in [-0.2, 0) is 22.5 Å². The number of nitrogens with one attached hydrogen (secondary N) is 1. The molecule has 0 saturated heterocycles. The van der Waals surface area contributed by atoms with E-state index in [1.54, 1.807) is 29.2 Å².